The molecule has 0 aliphatic heterocycles. The first-order valence-corrected chi connectivity index (χ1v) is 16.7. The lowest BCUT2D eigenvalue weighted by Crippen LogP contribution is -2.55. The number of amides is 2. The highest BCUT2D eigenvalue weighted by molar-refractivity contribution is 7.92. The Kier molecular flexibility index (Phi) is 10.8. The van der Waals surface area contributed by atoms with E-state index in [4.69, 9.17) is 0 Å². The van der Waals surface area contributed by atoms with Crippen molar-refractivity contribution >= 4 is 27.5 Å². The van der Waals surface area contributed by atoms with Crippen molar-refractivity contribution in [1.82, 2.24) is 10.2 Å². The topological polar surface area (TPSA) is 86.8 Å². The number of anilines is 1. The Balaban J connectivity index is 1.71. The monoisotopic (exact) mass is 589 g/mol. The molecule has 1 aliphatic rings. The second-order valence-electron chi connectivity index (χ2n) is 11.3. The van der Waals surface area contributed by atoms with Gasteiger partial charge in [0.1, 0.15) is 12.6 Å². The zero-order valence-corrected chi connectivity index (χ0v) is 25.8. The largest absolute Gasteiger partial charge is 0.352 e. The Labute approximate surface area is 251 Å². The second-order valence-corrected chi connectivity index (χ2v) is 13.3. The summed E-state index contributed by atoms with van der Waals surface area (Å²) in [4.78, 5) is 29.8. The average Bonchev–Trinajstić information content (AvgIpc) is 2.98. The van der Waals surface area contributed by atoms with E-state index in [1.807, 2.05) is 80.6 Å². The van der Waals surface area contributed by atoms with Gasteiger partial charge in [-0.1, -0.05) is 98.5 Å². The maximum absolute atomic E-state index is 14.3. The number of aryl methyl sites for hydroxylation is 2. The van der Waals surface area contributed by atoms with Gasteiger partial charge in [-0.2, -0.15) is 0 Å². The van der Waals surface area contributed by atoms with Crippen LogP contribution in [0, 0.1) is 6.92 Å². The van der Waals surface area contributed by atoms with Gasteiger partial charge in [0, 0.05) is 19.0 Å². The summed E-state index contributed by atoms with van der Waals surface area (Å²) in [5.41, 5.74) is 4.34. The molecule has 0 bridgehead atoms. The second kappa shape index (κ2) is 14.5. The zero-order valence-electron chi connectivity index (χ0n) is 25.0. The van der Waals surface area contributed by atoms with Gasteiger partial charge in [0.15, 0.2) is 0 Å². The summed E-state index contributed by atoms with van der Waals surface area (Å²) in [7, 11) is -3.79. The van der Waals surface area contributed by atoms with Crippen LogP contribution in [0.25, 0.3) is 0 Å². The van der Waals surface area contributed by atoms with Gasteiger partial charge in [0.2, 0.25) is 21.8 Å². The number of carbonyl (C=O) groups excluding carboxylic acids is 2. The molecular formula is C34H43N3O4S. The van der Waals surface area contributed by atoms with E-state index in [9.17, 15) is 18.0 Å². The van der Waals surface area contributed by atoms with Gasteiger partial charge in [-0.15, -0.1) is 0 Å². The highest BCUT2D eigenvalue weighted by Gasteiger charge is 2.34. The molecule has 0 heterocycles. The number of hydrogen-bond donors (Lipinski definition) is 1. The fourth-order valence-electron chi connectivity index (χ4n) is 5.62. The fourth-order valence-corrected chi connectivity index (χ4v) is 6.47. The van der Waals surface area contributed by atoms with Gasteiger partial charge in [0.05, 0.1) is 11.9 Å². The summed E-state index contributed by atoms with van der Waals surface area (Å²) < 4.78 is 27.1. The molecule has 1 N–H and O–H groups in total. The number of nitrogens with one attached hydrogen (secondary N) is 1. The molecule has 0 unspecified atom stereocenters. The SMILES string of the molecule is CCc1ccc(N(CC(=O)N(Cc2cccc(C)c2)[C@H](Cc2ccccc2)C(=O)NC2CCCCC2)S(C)(=O)=O)cc1. The van der Waals surface area contributed by atoms with Crippen LogP contribution in [0.3, 0.4) is 0 Å². The lowest BCUT2D eigenvalue weighted by atomic mass is 9.94. The van der Waals surface area contributed by atoms with Crippen molar-refractivity contribution in [2.75, 3.05) is 17.1 Å². The van der Waals surface area contributed by atoms with Crippen LogP contribution >= 0.6 is 0 Å². The van der Waals surface area contributed by atoms with E-state index in [1.165, 1.54) is 6.42 Å². The average molecular weight is 590 g/mol. The Morgan fingerprint density at radius 1 is 0.881 bits per heavy atom. The molecule has 1 fully saturated rings. The predicted octanol–water partition coefficient (Wildman–Crippen LogP) is 5.41. The minimum absolute atomic E-state index is 0.0741. The number of sulfonamides is 1. The van der Waals surface area contributed by atoms with Gasteiger partial charge in [0.25, 0.3) is 0 Å². The number of nitrogens with zero attached hydrogens (tertiary/aromatic N) is 2. The molecule has 8 heteroatoms. The Morgan fingerprint density at radius 2 is 1.55 bits per heavy atom. The van der Waals surface area contributed by atoms with E-state index in [0.717, 1.165) is 64.9 Å². The first kappa shape index (κ1) is 31.3. The van der Waals surface area contributed by atoms with E-state index in [2.05, 4.69) is 5.32 Å². The molecule has 0 radical (unpaired) electrons. The molecule has 1 atom stereocenters. The van der Waals surface area contributed by atoms with Crippen LogP contribution in [0.2, 0.25) is 0 Å². The van der Waals surface area contributed by atoms with E-state index in [0.29, 0.717) is 12.1 Å². The number of hydrogen-bond acceptors (Lipinski definition) is 4. The minimum Gasteiger partial charge on any atom is -0.352 e. The lowest BCUT2D eigenvalue weighted by molar-refractivity contribution is -0.140. The maximum atomic E-state index is 14.3. The highest BCUT2D eigenvalue weighted by atomic mass is 32.2. The molecule has 1 aliphatic carbocycles. The van der Waals surface area contributed by atoms with Gasteiger partial charge in [-0.25, -0.2) is 8.42 Å². The first-order chi connectivity index (χ1) is 20.1. The zero-order chi connectivity index (χ0) is 30.1. The molecule has 0 aromatic heterocycles. The van der Waals surface area contributed by atoms with Crippen molar-refractivity contribution in [1.29, 1.82) is 0 Å². The molecule has 3 aromatic carbocycles. The summed E-state index contributed by atoms with van der Waals surface area (Å²) >= 11 is 0. The first-order valence-electron chi connectivity index (χ1n) is 14.9. The van der Waals surface area contributed by atoms with Crippen LogP contribution in [-0.4, -0.2) is 50.0 Å². The van der Waals surface area contributed by atoms with Crippen LogP contribution in [0.5, 0.6) is 0 Å². The van der Waals surface area contributed by atoms with E-state index in [1.54, 1.807) is 17.0 Å². The quantitative estimate of drug-likeness (QED) is 0.306. The number of carbonyl (C=O) groups is 2. The summed E-state index contributed by atoms with van der Waals surface area (Å²) in [6.45, 7) is 3.79. The van der Waals surface area contributed by atoms with Gasteiger partial charge in [-0.3, -0.25) is 13.9 Å². The predicted molar refractivity (Wildman–Crippen MR) is 169 cm³/mol. The van der Waals surface area contributed by atoms with Gasteiger partial charge in [-0.05, 0) is 55.0 Å². The normalized spacial score (nSPS) is 14.6. The Bertz CT molecular complexity index is 1440. The molecule has 224 valence electrons. The molecule has 2 amide bonds. The van der Waals surface area contributed by atoms with Crippen molar-refractivity contribution in [2.24, 2.45) is 0 Å². The smallest absolute Gasteiger partial charge is 0.244 e. The van der Waals surface area contributed by atoms with Crippen LogP contribution in [0.1, 0.15) is 61.3 Å². The Morgan fingerprint density at radius 3 is 2.17 bits per heavy atom. The molecule has 1 saturated carbocycles. The standard InChI is InChI=1S/C34H43N3O4S/c1-4-27-18-20-31(21-19-27)37(42(3,40)41)25-33(38)36(24-29-15-11-12-26(2)22-29)32(23-28-13-7-5-8-14-28)34(39)35-30-16-9-6-10-17-30/h5,7-8,11-15,18-22,30,32H,4,6,9-10,16-17,23-25H2,1-3H3,(H,35,39)/t32-/m1/s1. The maximum Gasteiger partial charge on any atom is 0.244 e. The third kappa shape index (κ3) is 8.68. The van der Waals surface area contributed by atoms with E-state index >= 15 is 0 Å². The third-order valence-electron chi connectivity index (χ3n) is 7.97. The van der Waals surface area contributed by atoms with Crippen molar-refractivity contribution in [3.63, 3.8) is 0 Å². The van der Waals surface area contributed by atoms with E-state index < -0.39 is 28.5 Å². The molecule has 4 rings (SSSR count). The van der Waals surface area contributed by atoms with Crippen molar-refractivity contribution in [3.05, 3.63) is 101 Å². The molecule has 7 nitrogen and oxygen atoms in total. The van der Waals surface area contributed by atoms with Gasteiger partial charge < -0.3 is 10.2 Å². The Hall–Kier alpha value is -3.65. The molecule has 3 aromatic rings. The molecular weight excluding hydrogens is 546 g/mol. The summed E-state index contributed by atoms with van der Waals surface area (Å²) in [5.74, 6) is -0.633. The van der Waals surface area contributed by atoms with Crippen LogP contribution in [0.4, 0.5) is 5.69 Å². The van der Waals surface area contributed by atoms with Crippen molar-refractivity contribution in [3.8, 4) is 0 Å². The minimum atomic E-state index is -3.79. The molecule has 42 heavy (non-hydrogen) atoms. The van der Waals surface area contributed by atoms with Crippen LogP contribution in [-0.2, 0) is 39.0 Å². The fraction of sp³-hybridized carbons (Fsp3) is 0.412. The summed E-state index contributed by atoms with van der Waals surface area (Å²) in [6.07, 6.45) is 7.40. The van der Waals surface area contributed by atoms with Crippen LogP contribution < -0.4 is 9.62 Å². The van der Waals surface area contributed by atoms with Gasteiger partial charge >= 0.3 is 0 Å². The highest BCUT2D eigenvalue weighted by Crippen LogP contribution is 2.23. The van der Waals surface area contributed by atoms with Crippen LogP contribution in [0.15, 0.2) is 78.9 Å². The number of rotatable bonds is 12. The van der Waals surface area contributed by atoms with E-state index in [-0.39, 0.29) is 18.5 Å². The third-order valence-corrected chi connectivity index (χ3v) is 9.11. The summed E-state index contributed by atoms with van der Waals surface area (Å²) in [5, 5.41) is 3.23. The lowest BCUT2D eigenvalue weighted by Gasteiger charge is -2.35. The van der Waals surface area contributed by atoms with Crippen molar-refractivity contribution in [2.45, 2.75) is 77.4 Å². The number of benzene rings is 3. The summed E-state index contributed by atoms with van der Waals surface area (Å²) in [6, 6.07) is 24.0. The molecule has 0 spiro atoms. The van der Waals surface area contributed by atoms with Crippen molar-refractivity contribution < 1.29 is 18.0 Å². The molecule has 0 saturated heterocycles.